The van der Waals surface area contributed by atoms with Crippen molar-refractivity contribution in [2.75, 3.05) is 19.8 Å². The molecule has 0 aromatic heterocycles. The second-order valence-electron chi connectivity index (χ2n) is 11.7. The molecule has 4 N–H and O–H groups in total. The summed E-state index contributed by atoms with van der Waals surface area (Å²) in [5, 5.41) is 8.82. The van der Waals surface area contributed by atoms with Crippen LogP contribution in [0.25, 0.3) is 0 Å². The number of esters is 2. The molecule has 0 aromatic carbocycles. The van der Waals surface area contributed by atoms with E-state index < -0.39 is 51.1 Å². The number of rotatable bonds is 32. The van der Waals surface area contributed by atoms with E-state index in [2.05, 4.69) is 30.5 Å². The molecule has 0 spiro atoms. The fraction of sp³-hybridized carbons (Fsp3) is 0.794. The summed E-state index contributed by atoms with van der Waals surface area (Å²) in [6, 6.07) is -1.52. The number of carbonyl (C=O) groups is 3. The van der Waals surface area contributed by atoms with Gasteiger partial charge in [0.1, 0.15) is 12.6 Å². The highest BCUT2D eigenvalue weighted by Gasteiger charge is 2.28. The normalized spacial score (nSPS) is 14.3. The van der Waals surface area contributed by atoms with Gasteiger partial charge in [-0.1, -0.05) is 122 Å². The zero-order valence-corrected chi connectivity index (χ0v) is 29.3. The standard InChI is InChI=1S/C34H62NO10P/c1-3-5-7-9-11-13-14-15-16-18-20-22-24-26-33(37)45-30(28-43-46(40,41)44-29-31(35)34(38)39)27-42-32(36)25-23-21-19-17-12-10-8-6-4-2/h15-16,20,22,30-31H,3-14,17-19,21,23-29,35H2,1-2H3,(H,38,39)(H,40,41)/b16-15+,22-20+/t30?,31-/m0/s1. The predicted molar refractivity (Wildman–Crippen MR) is 180 cm³/mol. The number of aliphatic carboxylic acids is 1. The van der Waals surface area contributed by atoms with Crippen LogP contribution in [-0.4, -0.2) is 59.9 Å². The molecular weight excluding hydrogens is 613 g/mol. The van der Waals surface area contributed by atoms with Gasteiger partial charge in [0.2, 0.25) is 0 Å². The van der Waals surface area contributed by atoms with Gasteiger partial charge in [-0.25, -0.2) is 4.57 Å². The van der Waals surface area contributed by atoms with Crippen molar-refractivity contribution in [3.63, 3.8) is 0 Å². The van der Waals surface area contributed by atoms with E-state index in [9.17, 15) is 23.8 Å². The molecule has 0 heterocycles. The minimum atomic E-state index is -4.71. The van der Waals surface area contributed by atoms with Gasteiger partial charge < -0.3 is 25.2 Å². The number of hydrogen-bond acceptors (Lipinski definition) is 9. The summed E-state index contributed by atoms with van der Waals surface area (Å²) in [6.45, 7) is 2.67. The minimum Gasteiger partial charge on any atom is -0.480 e. The molecule has 0 saturated heterocycles. The van der Waals surface area contributed by atoms with E-state index in [1.165, 1.54) is 70.6 Å². The lowest BCUT2D eigenvalue weighted by molar-refractivity contribution is -0.161. The van der Waals surface area contributed by atoms with Gasteiger partial charge in [-0.15, -0.1) is 0 Å². The van der Waals surface area contributed by atoms with Gasteiger partial charge in [0.15, 0.2) is 6.10 Å². The Hall–Kier alpha value is -2.04. The van der Waals surface area contributed by atoms with E-state index >= 15 is 0 Å². The largest absolute Gasteiger partial charge is 0.480 e. The van der Waals surface area contributed by atoms with E-state index in [4.69, 9.17) is 24.8 Å². The van der Waals surface area contributed by atoms with Gasteiger partial charge >= 0.3 is 25.7 Å². The Morgan fingerprint density at radius 1 is 0.674 bits per heavy atom. The molecule has 3 atom stereocenters. The van der Waals surface area contributed by atoms with Gasteiger partial charge in [0.25, 0.3) is 0 Å². The first-order valence-corrected chi connectivity index (χ1v) is 18.9. The molecule has 0 radical (unpaired) electrons. The van der Waals surface area contributed by atoms with Crippen molar-refractivity contribution in [3.05, 3.63) is 24.3 Å². The monoisotopic (exact) mass is 675 g/mol. The molecule has 11 nitrogen and oxygen atoms in total. The highest BCUT2D eigenvalue weighted by atomic mass is 31.2. The first-order chi connectivity index (χ1) is 22.1. The molecule has 0 aromatic rings. The molecule has 0 amide bonds. The van der Waals surface area contributed by atoms with Crippen molar-refractivity contribution in [3.8, 4) is 0 Å². The molecule has 0 fully saturated rings. The Morgan fingerprint density at radius 2 is 1.20 bits per heavy atom. The van der Waals surface area contributed by atoms with Gasteiger partial charge in [-0.05, 0) is 32.1 Å². The number of ether oxygens (including phenoxy) is 2. The first kappa shape index (κ1) is 44.0. The number of phosphoric ester groups is 1. The number of nitrogens with two attached hydrogens (primary N) is 1. The van der Waals surface area contributed by atoms with Crippen LogP contribution in [-0.2, 0) is 37.5 Å². The van der Waals surface area contributed by atoms with Crippen LogP contribution in [0.1, 0.15) is 142 Å². The smallest absolute Gasteiger partial charge is 0.472 e. The predicted octanol–water partition coefficient (Wildman–Crippen LogP) is 7.94. The molecule has 12 heteroatoms. The Morgan fingerprint density at radius 3 is 1.78 bits per heavy atom. The quantitative estimate of drug-likeness (QED) is 0.0273. The number of allylic oxidation sites excluding steroid dienone is 4. The number of carboxylic acid groups (broad SMARTS) is 1. The van der Waals surface area contributed by atoms with Crippen molar-refractivity contribution in [2.45, 2.75) is 154 Å². The molecule has 0 rings (SSSR count). The van der Waals surface area contributed by atoms with Crippen molar-refractivity contribution in [1.29, 1.82) is 0 Å². The van der Waals surface area contributed by atoms with Crippen LogP contribution in [0.5, 0.6) is 0 Å². The van der Waals surface area contributed by atoms with Gasteiger partial charge in [-0.2, -0.15) is 0 Å². The van der Waals surface area contributed by atoms with Crippen LogP contribution in [0.2, 0.25) is 0 Å². The third-order valence-electron chi connectivity index (χ3n) is 7.22. The first-order valence-electron chi connectivity index (χ1n) is 17.4. The molecule has 0 bridgehead atoms. The number of unbranched alkanes of at least 4 members (excludes halogenated alkanes) is 14. The fourth-order valence-electron chi connectivity index (χ4n) is 4.41. The van der Waals surface area contributed by atoms with Gasteiger partial charge in [-0.3, -0.25) is 23.4 Å². The second kappa shape index (κ2) is 30.3. The third kappa shape index (κ3) is 29.4. The van der Waals surface area contributed by atoms with E-state index in [0.717, 1.165) is 32.1 Å². The fourth-order valence-corrected chi connectivity index (χ4v) is 5.19. The van der Waals surface area contributed by atoms with Crippen LogP contribution >= 0.6 is 7.82 Å². The van der Waals surface area contributed by atoms with E-state index in [0.29, 0.717) is 12.8 Å². The van der Waals surface area contributed by atoms with E-state index in [1.807, 2.05) is 12.2 Å². The molecule has 268 valence electrons. The van der Waals surface area contributed by atoms with Crippen molar-refractivity contribution >= 4 is 25.7 Å². The summed E-state index contributed by atoms with van der Waals surface area (Å²) in [6.07, 6.45) is 27.1. The number of carbonyl (C=O) groups excluding carboxylic acids is 2. The third-order valence-corrected chi connectivity index (χ3v) is 8.17. The molecule has 0 saturated carbocycles. The van der Waals surface area contributed by atoms with Crippen LogP contribution in [0.4, 0.5) is 0 Å². The summed E-state index contributed by atoms with van der Waals surface area (Å²) in [5.74, 6) is -2.47. The Balaban J connectivity index is 4.59. The summed E-state index contributed by atoms with van der Waals surface area (Å²) < 4.78 is 32.3. The Kier molecular flexibility index (Phi) is 29.0. The average molecular weight is 676 g/mol. The summed E-state index contributed by atoms with van der Waals surface area (Å²) >= 11 is 0. The molecule has 2 unspecified atom stereocenters. The van der Waals surface area contributed by atoms with Gasteiger partial charge in [0.05, 0.1) is 13.2 Å². The summed E-state index contributed by atoms with van der Waals surface area (Å²) in [5.41, 5.74) is 5.29. The highest BCUT2D eigenvalue weighted by molar-refractivity contribution is 7.47. The lowest BCUT2D eigenvalue weighted by Crippen LogP contribution is -2.34. The number of carboxylic acids is 1. The summed E-state index contributed by atoms with van der Waals surface area (Å²) in [7, 11) is -4.71. The average Bonchev–Trinajstić information content (AvgIpc) is 3.02. The summed E-state index contributed by atoms with van der Waals surface area (Å²) in [4.78, 5) is 45.5. The molecule has 46 heavy (non-hydrogen) atoms. The lowest BCUT2D eigenvalue weighted by atomic mass is 10.1. The molecule has 0 aliphatic carbocycles. The number of phosphoric acid groups is 1. The highest BCUT2D eigenvalue weighted by Crippen LogP contribution is 2.43. The SMILES string of the molecule is CCCCCCCC/C=C/C/C=C/CCC(=O)OC(COC(=O)CCCCCCCCCCC)COP(=O)(O)OC[C@H](N)C(=O)O. The van der Waals surface area contributed by atoms with Crippen molar-refractivity contribution in [1.82, 2.24) is 0 Å². The Bertz CT molecular complexity index is 895. The molecule has 0 aliphatic rings. The zero-order valence-electron chi connectivity index (χ0n) is 28.4. The van der Waals surface area contributed by atoms with Crippen molar-refractivity contribution < 1.29 is 47.5 Å². The lowest BCUT2D eigenvalue weighted by Gasteiger charge is -2.20. The topological polar surface area (TPSA) is 172 Å². The Labute approximate surface area is 277 Å². The molecular formula is C34H62NO10P. The minimum absolute atomic E-state index is 0.0572. The zero-order chi connectivity index (χ0) is 34.3. The van der Waals surface area contributed by atoms with Crippen molar-refractivity contribution in [2.24, 2.45) is 5.73 Å². The number of hydrogen-bond donors (Lipinski definition) is 3. The maximum absolute atomic E-state index is 12.5. The van der Waals surface area contributed by atoms with Crippen LogP contribution in [0.3, 0.4) is 0 Å². The van der Waals surface area contributed by atoms with Gasteiger partial charge in [0, 0.05) is 12.8 Å². The van der Waals surface area contributed by atoms with E-state index in [-0.39, 0.29) is 19.4 Å². The maximum atomic E-state index is 12.5. The second-order valence-corrected chi connectivity index (χ2v) is 13.1. The van der Waals surface area contributed by atoms with Crippen LogP contribution in [0.15, 0.2) is 24.3 Å². The van der Waals surface area contributed by atoms with Crippen LogP contribution in [0, 0.1) is 0 Å². The van der Waals surface area contributed by atoms with Crippen LogP contribution < -0.4 is 5.73 Å². The maximum Gasteiger partial charge on any atom is 0.472 e. The van der Waals surface area contributed by atoms with E-state index in [1.54, 1.807) is 0 Å². The molecule has 0 aliphatic heterocycles.